The van der Waals surface area contributed by atoms with Gasteiger partial charge in [-0.1, -0.05) is 0 Å². The Bertz CT molecular complexity index is 1050. The third-order valence-corrected chi connectivity index (χ3v) is 4.64. The van der Waals surface area contributed by atoms with Gasteiger partial charge in [-0.3, -0.25) is 15.0 Å². The number of amidine groups is 1. The minimum Gasteiger partial charge on any atom is -0.395 e. The normalized spacial score (nSPS) is 12.7. The number of nitrogen functional groups attached to an aromatic ring is 1. The maximum atomic E-state index is 13.1. The summed E-state index contributed by atoms with van der Waals surface area (Å²) in [7, 11) is 0. The number of amides is 2. The van der Waals surface area contributed by atoms with Crippen LogP contribution in [-0.4, -0.2) is 47.1 Å². The molecule has 2 amide bonds. The molecule has 2 aromatic rings. The van der Waals surface area contributed by atoms with Gasteiger partial charge in [0, 0.05) is 23.5 Å². The minimum atomic E-state index is -5.17. The van der Waals surface area contributed by atoms with Crippen LogP contribution in [0.4, 0.5) is 37.7 Å². The first-order chi connectivity index (χ1) is 16.1. The molecule has 0 saturated carbocycles. The van der Waals surface area contributed by atoms with E-state index < -0.39 is 66.7 Å². The van der Waals surface area contributed by atoms with E-state index in [0.29, 0.717) is 22.6 Å². The van der Waals surface area contributed by atoms with Crippen molar-refractivity contribution in [3.8, 4) is 0 Å². The summed E-state index contributed by atoms with van der Waals surface area (Å²) in [6, 6.07) is 5.96. The summed E-state index contributed by atoms with van der Waals surface area (Å²) >= 11 is 0. The highest BCUT2D eigenvalue weighted by molar-refractivity contribution is 6.01. The summed E-state index contributed by atoms with van der Waals surface area (Å²) in [5.74, 6) is -2.53. The van der Waals surface area contributed by atoms with E-state index in [1.54, 1.807) is 0 Å². The molecule has 0 aliphatic rings. The highest BCUT2D eigenvalue weighted by atomic mass is 19.4. The molecule has 14 heteroatoms. The minimum absolute atomic E-state index is 0.120. The Morgan fingerprint density at radius 2 is 1.51 bits per heavy atom. The summed E-state index contributed by atoms with van der Waals surface area (Å²) in [4.78, 5) is 25.2. The van der Waals surface area contributed by atoms with E-state index in [9.17, 15) is 46.1 Å². The SMILES string of the molecule is N=C(N)c1ccc(NC(=O)[C@H](O)CC(=O)N(CCO)c2cc(C(F)(F)F)cc(C(F)(F)F)c2)cc1. The van der Waals surface area contributed by atoms with Crippen molar-refractivity contribution < 1.29 is 46.1 Å². The zero-order valence-electron chi connectivity index (χ0n) is 17.7. The van der Waals surface area contributed by atoms with Gasteiger partial charge in [0.25, 0.3) is 5.91 Å². The van der Waals surface area contributed by atoms with E-state index in [4.69, 9.17) is 11.1 Å². The van der Waals surface area contributed by atoms with Crippen molar-refractivity contribution in [2.45, 2.75) is 24.9 Å². The monoisotopic (exact) mass is 506 g/mol. The average molecular weight is 506 g/mol. The second-order valence-electron chi connectivity index (χ2n) is 7.23. The fraction of sp³-hybridized carbons (Fsp3) is 0.286. The number of nitrogens with one attached hydrogen (secondary N) is 2. The molecular formula is C21H20F6N4O4. The Morgan fingerprint density at radius 3 is 1.94 bits per heavy atom. The number of anilines is 2. The summed E-state index contributed by atoms with van der Waals surface area (Å²) in [6.07, 6.45) is -13.4. The zero-order chi connectivity index (χ0) is 26.6. The van der Waals surface area contributed by atoms with E-state index in [-0.39, 0.29) is 17.6 Å². The third-order valence-electron chi connectivity index (χ3n) is 4.64. The van der Waals surface area contributed by atoms with Crippen LogP contribution in [0.25, 0.3) is 0 Å². The fourth-order valence-corrected chi connectivity index (χ4v) is 2.92. The molecule has 0 saturated heterocycles. The van der Waals surface area contributed by atoms with E-state index in [2.05, 4.69) is 5.32 Å². The molecule has 0 unspecified atom stereocenters. The van der Waals surface area contributed by atoms with Crippen LogP contribution in [0, 0.1) is 5.41 Å². The van der Waals surface area contributed by atoms with Crippen molar-refractivity contribution in [1.82, 2.24) is 0 Å². The van der Waals surface area contributed by atoms with Crippen LogP contribution in [0.1, 0.15) is 23.1 Å². The quantitative estimate of drug-likeness (QED) is 0.213. The standard InChI is InChI=1S/C21H20F6N4O4/c22-20(23,24)12-7-13(21(25,26)27)9-15(8-12)31(5-6-32)17(34)10-16(33)19(35)30-14-3-1-11(2-4-14)18(28)29/h1-4,7-9,16,32-33H,5-6,10H2,(H3,28,29)(H,30,35)/t16-/m1/s1. The van der Waals surface area contributed by atoms with Crippen molar-refractivity contribution >= 4 is 29.0 Å². The van der Waals surface area contributed by atoms with Gasteiger partial charge in [-0.2, -0.15) is 26.3 Å². The number of aliphatic hydroxyl groups is 2. The maximum Gasteiger partial charge on any atom is 0.416 e. The van der Waals surface area contributed by atoms with E-state index in [1.165, 1.54) is 24.3 Å². The molecule has 0 bridgehead atoms. The molecule has 0 fully saturated rings. The van der Waals surface area contributed by atoms with Crippen LogP contribution in [-0.2, 0) is 21.9 Å². The van der Waals surface area contributed by atoms with Crippen LogP contribution < -0.4 is 16.0 Å². The molecule has 0 radical (unpaired) electrons. The van der Waals surface area contributed by atoms with Gasteiger partial charge >= 0.3 is 12.4 Å². The van der Waals surface area contributed by atoms with Crippen LogP contribution in [0.5, 0.6) is 0 Å². The molecule has 8 nitrogen and oxygen atoms in total. The number of benzene rings is 2. The first-order valence-electron chi connectivity index (χ1n) is 9.77. The Kier molecular flexibility index (Phi) is 8.46. The summed E-state index contributed by atoms with van der Waals surface area (Å²) in [5, 5.41) is 28.9. The number of alkyl halides is 6. The molecule has 2 aromatic carbocycles. The van der Waals surface area contributed by atoms with E-state index in [1.807, 2.05) is 0 Å². The Balaban J connectivity index is 2.25. The van der Waals surface area contributed by atoms with Crippen molar-refractivity contribution in [1.29, 1.82) is 5.41 Å². The maximum absolute atomic E-state index is 13.1. The molecular weight excluding hydrogens is 486 g/mol. The number of carbonyl (C=O) groups excluding carboxylic acids is 2. The number of carbonyl (C=O) groups is 2. The molecule has 6 N–H and O–H groups in total. The zero-order valence-corrected chi connectivity index (χ0v) is 17.7. The van der Waals surface area contributed by atoms with Crippen LogP contribution >= 0.6 is 0 Å². The summed E-state index contributed by atoms with van der Waals surface area (Å²) in [5.41, 5.74) is 1.64. The largest absolute Gasteiger partial charge is 0.416 e. The molecule has 0 heterocycles. The number of nitrogens with zero attached hydrogens (tertiary/aromatic N) is 1. The first kappa shape index (κ1) is 27.6. The molecule has 1 atom stereocenters. The molecule has 0 aliphatic carbocycles. The Labute approximate surface area is 194 Å². The van der Waals surface area contributed by atoms with Crippen molar-refractivity contribution in [3.63, 3.8) is 0 Å². The van der Waals surface area contributed by atoms with Crippen molar-refractivity contribution in [2.24, 2.45) is 5.73 Å². The average Bonchev–Trinajstić information content (AvgIpc) is 2.76. The summed E-state index contributed by atoms with van der Waals surface area (Å²) < 4.78 is 78.9. The van der Waals surface area contributed by atoms with Gasteiger partial charge in [0.05, 0.1) is 24.2 Å². The lowest BCUT2D eigenvalue weighted by atomic mass is 10.1. The second-order valence-corrected chi connectivity index (χ2v) is 7.23. The number of nitrogens with two attached hydrogens (primary N) is 1. The molecule has 0 spiro atoms. The lowest BCUT2D eigenvalue weighted by Gasteiger charge is -2.25. The molecule has 2 rings (SSSR count). The number of rotatable bonds is 8. The Hall–Kier alpha value is -3.65. The number of aliphatic hydroxyl groups excluding tert-OH is 2. The second kappa shape index (κ2) is 10.7. The van der Waals surface area contributed by atoms with Crippen LogP contribution in [0.3, 0.4) is 0 Å². The Morgan fingerprint density at radius 1 is 1.00 bits per heavy atom. The molecule has 35 heavy (non-hydrogen) atoms. The number of halogens is 6. The van der Waals surface area contributed by atoms with Gasteiger partial charge in [-0.15, -0.1) is 0 Å². The lowest BCUT2D eigenvalue weighted by Crippen LogP contribution is -2.39. The molecule has 190 valence electrons. The number of hydrogen-bond acceptors (Lipinski definition) is 5. The van der Waals surface area contributed by atoms with Gasteiger partial charge in [-0.25, -0.2) is 0 Å². The van der Waals surface area contributed by atoms with Crippen LogP contribution in [0.2, 0.25) is 0 Å². The molecule has 0 aromatic heterocycles. The molecule has 0 aliphatic heterocycles. The number of hydrogen-bond donors (Lipinski definition) is 5. The van der Waals surface area contributed by atoms with E-state index >= 15 is 0 Å². The topological polar surface area (TPSA) is 140 Å². The van der Waals surface area contributed by atoms with Gasteiger partial charge in [0.2, 0.25) is 5.91 Å². The van der Waals surface area contributed by atoms with Gasteiger partial charge in [0.15, 0.2) is 0 Å². The van der Waals surface area contributed by atoms with E-state index in [0.717, 1.165) is 0 Å². The predicted molar refractivity (Wildman–Crippen MR) is 113 cm³/mol. The van der Waals surface area contributed by atoms with Gasteiger partial charge in [-0.05, 0) is 42.5 Å². The fourth-order valence-electron chi connectivity index (χ4n) is 2.92. The van der Waals surface area contributed by atoms with Gasteiger partial charge in [0.1, 0.15) is 11.9 Å². The van der Waals surface area contributed by atoms with Crippen molar-refractivity contribution in [3.05, 3.63) is 59.2 Å². The predicted octanol–water partition coefficient (Wildman–Crippen LogP) is 2.72. The van der Waals surface area contributed by atoms with Crippen LogP contribution in [0.15, 0.2) is 42.5 Å². The smallest absolute Gasteiger partial charge is 0.395 e. The lowest BCUT2D eigenvalue weighted by molar-refractivity contribution is -0.143. The summed E-state index contributed by atoms with van der Waals surface area (Å²) in [6.45, 7) is -1.52. The van der Waals surface area contributed by atoms with Crippen molar-refractivity contribution in [2.75, 3.05) is 23.4 Å². The highest BCUT2D eigenvalue weighted by Crippen LogP contribution is 2.38. The first-order valence-corrected chi connectivity index (χ1v) is 9.77. The highest BCUT2D eigenvalue weighted by Gasteiger charge is 2.38. The third kappa shape index (κ3) is 7.42. The van der Waals surface area contributed by atoms with Gasteiger partial charge < -0.3 is 26.2 Å².